The smallest absolute Gasteiger partial charge is 0.224 e. The summed E-state index contributed by atoms with van der Waals surface area (Å²) >= 11 is 6.00. The third-order valence-electron chi connectivity index (χ3n) is 4.02. The lowest BCUT2D eigenvalue weighted by Gasteiger charge is -2.32. The molecule has 0 saturated carbocycles. The van der Waals surface area contributed by atoms with E-state index in [0.29, 0.717) is 13.1 Å². The van der Waals surface area contributed by atoms with Gasteiger partial charge in [0.25, 0.3) is 0 Å². The predicted molar refractivity (Wildman–Crippen MR) is 86.3 cm³/mol. The van der Waals surface area contributed by atoms with Crippen molar-refractivity contribution in [3.05, 3.63) is 34.3 Å². The van der Waals surface area contributed by atoms with Gasteiger partial charge in [-0.3, -0.25) is 9.69 Å². The highest BCUT2D eigenvalue weighted by atomic mass is 35.5. The number of piperidine rings is 1. The number of carbonyl (C=O) groups excluding carboxylic acids is 1. The monoisotopic (exact) mass is 309 g/mol. The lowest BCUT2D eigenvalue weighted by molar-refractivity contribution is -0.126. The number of nitrogens with one attached hydrogen (secondary N) is 1. The van der Waals surface area contributed by atoms with Crippen molar-refractivity contribution < 1.29 is 4.79 Å². The zero-order valence-electron chi connectivity index (χ0n) is 12.6. The molecule has 0 spiro atoms. The second-order valence-corrected chi connectivity index (χ2v) is 6.16. The van der Waals surface area contributed by atoms with Gasteiger partial charge in [0.15, 0.2) is 0 Å². The molecule has 116 valence electrons. The number of hydrogen-bond donors (Lipinski definition) is 2. The Kier molecular flexibility index (Phi) is 6.03. The Morgan fingerprint density at radius 3 is 3.05 bits per heavy atom. The molecule has 1 unspecified atom stereocenters. The van der Waals surface area contributed by atoms with Gasteiger partial charge in [-0.15, -0.1) is 0 Å². The van der Waals surface area contributed by atoms with Crippen LogP contribution in [0, 0.1) is 12.8 Å². The number of likely N-dealkylation sites (tertiary alicyclic amines) is 1. The Labute approximate surface area is 131 Å². The van der Waals surface area contributed by atoms with Gasteiger partial charge in [-0.05, 0) is 49.6 Å². The number of halogens is 1. The van der Waals surface area contributed by atoms with E-state index in [1.165, 1.54) is 11.1 Å². The van der Waals surface area contributed by atoms with Crippen LogP contribution in [0.5, 0.6) is 0 Å². The van der Waals surface area contributed by atoms with E-state index in [1.54, 1.807) is 0 Å². The lowest BCUT2D eigenvalue weighted by atomic mass is 9.96. The Bertz CT molecular complexity index is 492. The second kappa shape index (κ2) is 7.78. The SMILES string of the molecule is Cc1cc(Cl)ccc1CN1CCCC(C(=O)NCCN)C1. The van der Waals surface area contributed by atoms with Crippen LogP contribution in [-0.4, -0.2) is 37.0 Å². The summed E-state index contributed by atoms with van der Waals surface area (Å²) in [7, 11) is 0. The minimum absolute atomic E-state index is 0.0814. The average Bonchev–Trinajstić information content (AvgIpc) is 2.48. The van der Waals surface area contributed by atoms with E-state index in [4.69, 9.17) is 17.3 Å². The fourth-order valence-electron chi connectivity index (χ4n) is 2.83. The molecule has 0 aromatic heterocycles. The van der Waals surface area contributed by atoms with Gasteiger partial charge in [-0.1, -0.05) is 17.7 Å². The fraction of sp³-hybridized carbons (Fsp3) is 0.562. The van der Waals surface area contributed by atoms with Gasteiger partial charge >= 0.3 is 0 Å². The van der Waals surface area contributed by atoms with E-state index in [2.05, 4.69) is 23.2 Å². The van der Waals surface area contributed by atoms with Gasteiger partial charge in [0.2, 0.25) is 5.91 Å². The summed E-state index contributed by atoms with van der Waals surface area (Å²) in [6.07, 6.45) is 2.03. The van der Waals surface area contributed by atoms with Gasteiger partial charge < -0.3 is 11.1 Å². The molecule has 3 N–H and O–H groups in total. The van der Waals surface area contributed by atoms with Crippen molar-refractivity contribution in [2.24, 2.45) is 11.7 Å². The van der Waals surface area contributed by atoms with Crippen LogP contribution in [0.3, 0.4) is 0 Å². The molecule has 1 atom stereocenters. The molecule has 2 rings (SSSR count). The zero-order valence-corrected chi connectivity index (χ0v) is 13.3. The summed E-state index contributed by atoms with van der Waals surface area (Å²) in [6.45, 7) is 5.87. The Morgan fingerprint density at radius 2 is 2.33 bits per heavy atom. The second-order valence-electron chi connectivity index (χ2n) is 5.72. The van der Waals surface area contributed by atoms with Crippen molar-refractivity contribution in [1.29, 1.82) is 0 Å². The molecular weight excluding hydrogens is 286 g/mol. The van der Waals surface area contributed by atoms with Crippen LogP contribution in [0.4, 0.5) is 0 Å². The minimum atomic E-state index is 0.0814. The van der Waals surface area contributed by atoms with Crippen LogP contribution in [0.25, 0.3) is 0 Å². The molecule has 1 heterocycles. The van der Waals surface area contributed by atoms with Crippen molar-refractivity contribution in [2.75, 3.05) is 26.2 Å². The molecule has 5 heteroatoms. The number of benzene rings is 1. The highest BCUT2D eigenvalue weighted by molar-refractivity contribution is 6.30. The maximum absolute atomic E-state index is 12.1. The first-order valence-electron chi connectivity index (χ1n) is 7.55. The number of amides is 1. The molecular formula is C16H24ClN3O. The summed E-state index contributed by atoms with van der Waals surface area (Å²) in [5, 5.41) is 3.67. The number of hydrogen-bond acceptors (Lipinski definition) is 3. The highest BCUT2D eigenvalue weighted by Crippen LogP contribution is 2.21. The third-order valence-corrected chi connectivity index (χ3v) is 4.25. The molecule has 1 aromatic carbocycles. The van der Waals surface area contributed by atoms with Gasteiger partial charge in [-0.2, -0.15) is 0 Å². The third kappa shape index (κ3) is 4.70. The van der Waals surface area contributed by atoms with Crippen molar-refractivity contribution in [3.8, 4) is 0 Å². The molecule has 1 amide bonds. The van der Waals surface area contributed by atoms with Crippen molar-refractivity contribution >= 4 is 17.5 Å². The van der Waals surface area contributed by atoms with E-state index >= 15 is 0 Å². The summed E-state index contributed by atoms with van der Waals surface area (Å²) in [5.41, 5.74) is 7.91. The zero-order chi connectivity index (χ0) is 15.2. The van der Waals surface area contributed by atoms with Crippen molar-refractivity contribution in [3.63, 3.8) is 0 Å². The molecule has 21 heavy (non-hydrogen) atoms. The standard InChI is InChI=1S/C16H24ClN3O/c1-12-9-15(17)5-4-13(12)10-20-8-2-3-14(11-20)16(21)19-7-6-18/h4-5,9,14H,2-3,6-8,10-11,18H2,1H3,(H,19,21). The first-order chi connectivity index (χ1) is 10.1. The van der Waals surface area contributed by atoms with E-state index in [0.717, 1.165) is 37.5 Å². The fourth-order valence-corrected chi connectivity index (χ4v) is 3.06. The van der Waals surface area contributed by atoms with Gasteiger partial charge in [-0.25, -0.2) is 0 Å². The Hall–Kier alpha value is -1.10. The first-order valence-corrected chi connectivity index (χ1v) is 7.93. The van der Waals surface area contributed by atoms with E-state index in [1.807, 2.05) is 12.1 Å². The number of aryl methyl sites for hydroxylation is 1. The molecule has 1 aliphatic heterocycles. The molecule has 1 aromatic rings. The van der Waals surface area contributed by atoms with E-state index in [-0.39, 0.29) is 11.8 Å². The normalized spacial score (nSPS) is 19.5. The number of rotatable bonds is 5. The molecule has 0 aliphatic carbocycles. The van der Waals surface area contributed by atoms with Crippen LogP contribution in [-0.2, 0) is 11.3 Å². The summed E-state index contributed by atoms with van der Waals surface area (Å²) < 4.78 is 0. The Balaban J connectivity index is 1.93. The lowest BCUT2D eigenvalue weighted by Crippen LogP contribution is -2.43. The maximum Gasteiger partial charge on any atom is 0.224 e. The summed E-state index contributed by atoms with van der Waals surface area (Å²) in [6, 6.07) is 6.00. The summed E-state index contributed by atoms with van der Waals surface area (Å²) in [5.74, 6) is 0.218. The van der Waals surface area contributed by atoms with Crippen LogP contribution < -0.4 is 11.1 Å². The summed E-state index contributed by atoms with van der Waals surface area (Å²) in [4.78, 5) is 14.4. The number of nitrogens with zero attached hydrogens (tertiary/aromatic N) is 1. The topological polar surface area (TPSA) is 58.4 Å². The Morgan fingerprint density at radius 1 is 1.52 bits per heavy atom. The van der Waals surface area contributed by atoms with E-state index in [9.17, 15) is 4.79 Å². The number of carbonyl (C=O) groups is 1. The highest BCUT2D eigenvalue weighted by Gasteiger charge is 2.25. The molecule has 1 saturated heterocycles. The van der Waals surface area contributed by atoms with Crippen LogP contribution >= 0.6 is 11.6 Å². The average molecular weight is 310 g/mol. The first kappa shape index (κ1) is 16.3. The predicted octanol–water partition coefficient (Wildman–Crippen LogP) is 1.94. The molecule has 1 aliphatic rings. The molecule has 4 nitrogen and oxygen atoms in total. The van der Waals surface area contributed by atoms with Crippen LogP contribution in [0.15, 0.2) is 18.2 Å². The van der Waals surface area contributed by atoms with Gasteiger partial charge in [0.1, 0.15) is 0 Å². The van der Waals surface area contributed by atoms with E-state index < -0.39 is 0 Å². The van der Waals surface area contributed by atoms with Crippen LogP contribution in [0.2, 0.25) is 5.02 Å². The van der Waals surface area contributed by atoms with Crippen molar-refractivity contribution in [1.82, 2.24) is 10.2 Å². The molecule has 1 fully saturated rings. The quantitative estimate of drug-likeness (QED) is 0.874. The molecule has 0 bridgehead atoms. The largest absolute Gasteiger partial charge is 0.355 e. The van der Waals surface area contributed by atoms with Gasteiger partial charge in [0.05, 0.1) is 5.92 Å². The van der Waals surface area contributed by atoms with Crippen molar-refractivity contribution in [2.45, 2.75) is 26.3 Å². The maximum atomic E-state index is 12.1. The van der Waals surface area contributed by atoms with Gasteiger partial charge in [0, 0.05) is 31.2 Å². The minimum Gasteiger partial charge on any atom is -0.355 e. The number of nitrogens with two attached hydrogens (primary N) is 1. The van der Waals surface area contributed by atoms with Crippen LogP contribution in [0.1, 0.15) is 24.0 Å². The molecule has 0 radical (unpaired) electrons.